The van der Waals surface area contributed by atoms with Crippen LogP contribution in [0.3, 0.4) is 0 Å². The fourth-order valence-electron chi connectivity index (χ4n) is 2.22. The maximum Gasteiger partial charge on any atom is 0.416 e. The van der Waals surface area contributed by atoms with Gasteiger partial charge in [-0.1, -0.05) is 19.1 Å². The third kappa shape index (κ3) is 2.83. The summed E-state index contributed by atoms with van der Waals surface area (Å²) >= 11 is 0. The molecule has 0 amide bonds. The highest BCUT2D eigenvalue weighted by atomic mass is 19.4. The van der Waals surface area contributed by atoms with Crippen LogP contribution in [0.4, 0.5) is 13.2 Å². The molecule has 1 atom stereocenters. The number of hydrogen-bond acceptors (Lipinski definition) is 3. The second-order valence-electron chi connectivity index (χ2n) is 4.53. The van der Waals surface area contributed by atoms with E-state index in [1.54, 1.807) is 0 Å². The van der Waals surface area contributed by atoms with Crippen molar-refractivity contribution in [2.45, 2.75) is 25.6 Å². The third-order valence-corrected chi connectivity index (χ3v) is 3.18. The van der Waals surface area contributed by atoms with Crippen molar-refractivity contribution in [1.29, 1.82) is 0 Å². The number of halogens is 3. The molecule has 104 valence electrons. The number of aliphatic imine (C=N–C) groups is 1. The quantitative estimate of drug-likeness (QED) is 0.918. The van der Waals surface area contributed by atoms with Gasteiger partial charge in [-0.05, 0) is 24.1 Å². The van der Waals surface area contributed by atoms with E-state index in [9.17, 15) is 13.2 Å². The summed E-state index contributed by atoms with van der Waals surface area (Å²) < 4.78 is 37.5. The van der Waals surface area contributed by atoms with E-state index in [-0.39, 0.29) is 6.04 Å². The summed E-state index contributed by atoms with van der Waals surface area (Å²) in [7, 11) is 0. The predicted octanol–water partition coefficient (Wildman–Crippen LogP) is 2.79. The Morgan fingerprint density at radius 3 is 2.47 bits per heavy atom. The highest BCUT2D eigenvalue weighted by molar-refractivity contribution is 5.80. The molecule has 3 nitrogen and oxygen atoms in total. The van der Waals surface area contributed by atoms with Gasteiger partial charge in [0.15, 0.2) is 5.96 Å². The highest BCUT2D eigenvalue weighted by Crippen LogP contribution is 2.31. The van der Waals surface area contributed by atoms with Gasteiger partial charge in [0, 0.05) is 6.54 Å². The SMILES string of the molecule is CCCN1C(N)=NCC1c1ccc(C(F)(F)F)cc1. The van der Waals surface area contributed by atoms with Gasteiger partial charge in [0.2, 0.25) is 0 Å². The molecule has 2 N–H and O–H groups in total. The number of alkyl halides is 3. The number of nitrogens with zero attached hydrogens (tertiary/aromatic N) is 2. The van der Waals surface area contributed by atoms with Gasteiger partial charge < -0.3 is 10.6 Å². The van der Waals surface area contributed by atoms with E-state index < -0.39 is 11.7 Å². The Kier molecular flexibility index (Phi) is 3.68. The van der Waals surface area contributed by atoms with Crippen LogP contribution in [0.1, 0.15) is 30.5 Å². The Morgan fingerprint density at radius 1 is 1.32 bits per heavy atom. The molecule has 19 heavy (non-hydrogen) atoms. The number of nitrogens with two attached hydrogens (primary N) is 1. The Morgan fingerprint density at radius 2 is 1.95 bits per heavy atom. The Hall–Kier alpha value is -1.72. The van der Waals surface area contributed by atoms with E-state index in [0.29, 0.717) is 12.5 Å². The molecule has 0 saturated carbocycles. The summed E-state index contributed by atoms with van der Waals surface area (Å²) in [6.07, 6.45) is -3.39. The zero-order valence-electron chi connectivity index (χ0n) is 10.6. The summed E-state index contributed by atoms with van der Waals surface area (Å²) in [6, 6.07) is 5.17. The van der Waals surface area contributed by atoms with Crippen LogP contribution in [0.25, 0.3) is 0 Å². The Labute approximate surface area is 109 Å². The van der Waals surface area contributed by atoms with Crippen molar-refractivity contribution < 1.29 is 13.2 Å². The van der Waals surface area contributed by atoms with Crippen LogP contribution in [-0.4, -0.2) is 23.9 Å². The standard InChI is InChI=1S/C13H16F3N3/c1-2-7-19-11(8-18-12(19)17)9-3-5-10(6-4-9)13(14,15)16/h3-6,11H,2,7-8H2,1H3,(H2,17,18). The van der Waals surface area contributed by atoms with Gasteiger partial charge in [-0.15, -0.1) is 0 Å². The summed E-state index contributed by atoms with van der Waals surface area (Å²) in [5, 5.41) is 0. The summed E-state index contributed by atoms with van der Waals surface area (Å²) in [4.78, 5) is 6.10. The van der Waals surface area contributed by atoms with Gasteiger partial charge >= 0.3 is 6.18 Å². The molecule has 0 fully saturated rings. The lowest BCUT2D eigenvalue weighted by Crippen LogP contribution is -2.36. The third-order valence-electron chi connectivity index (χ3n) is 3.18. The number of hydrogen-bond donors (Lipinski definition) is 1. The van der Waals surface area contributed by atoms with E-state index in [2.05, 4.69) is 4.99 Å². The van der Waals surface area contributed by atoms with E-state index in [1.165, 1.54) is 12.1 Å². The fourth-order valence-corrected chi connectivity index (χ4v) is 2.22. The van der Waals surface area contributed by atoms with Crippen LogP contribution in [0.15, 0.2) is 29.3 Å². The monoisotopic (exact) mass is 271 g/mol. The largest absolute Gasteiger partial charge is 0.416 e. The van der Waals surface area contributed by atoms with E-state index in [1.807, 2.05) is 11.8 Å². The average Bonchev–Trinajstić information content (AvgIpc) is 2.71. The molecular weight excluding hydrogens is 255 g/mol. The molecule has 0 saturated heterocycles. The first kappa shape index (κ1) is 13.7. The first-order valence-corrected chi connectivity index (χ1v) is 6.17. The molecule has 0 bridgehead atoms. The number of rotatable bonds is 3. The van der Waals surface area contributed by atoms with Gasteiger partial charge in [-0.3, -0.25) is 4.99 Å². The molecule has 1 heterocycles. The normalized spacial score (nSPS) is 19.7. The highest BCUT2D eigenvalue weighted by Gasteiger charge is 2.31. The van der Waals surface area contributed by atoms with Gasteiger partial charge in [0.1, 0.15) is 0 Å². The van der Waals surface area contributed by atoms with E-state index in [0.717, 1.165) is 30.7 Å². The average molecular weight is 271 g/mol. The first-order valence-electron chi connectivity index (χ1n) is 6.17. The van der Waals surface area contributed by atoms with Crippen molar-refractivity contribution >= 4 is 5.96 Å². The summed E-state index contributed by atoms with van der Waals surface area (Å²) in [5.41, 5.74) is 5.96. The molecule has 6 heteroatoms. The molecule has 0 aromatic heterocycles. The zero-order valence-corrected chi connectivity index (χ0v) is 10.6. The molecule has 1 aliphatic heterocycles. The van der Waals surface area contributed by atoms with Crippen LogP contribution in [-0.2, 0) is 6.18 Å². The van der Waals surface area contributed by atoms with Crippen molar-refractivity contribution in [3.63, 3.8) is 0 Å². The van der Waals surface area contributed by atoms with Gasteiger partial charge in [0.05, 0.1) is 18.2 Å². The smallest absolute Gasteiger partial charge is 0.370 e. The Bertz CT molecular complexity index is 465. The lowest BCUT2D eigenvalue weighted by Gasteiger charge is -2.26. The van der Waals surface area contributed by atoms with Gasteiger partial charge in [-0.25, -0.2) is 0 Å². The Balaban J connectivity index is 2.19. The first-order chi connectivity index (χ1) is 8.93. The zero-order chi connectivity index (χ0) is 14.0. The summed E-state index contributed by atoms with van der Waals surface area (Å²) in [5.74, 6) is 0.465. The second-order valence-corrected chi connectivity index (χ2v) is 4.53. The maximum absolute atomic E-state index is 12.5. The molecule has 1 aromatic carbocycles. The maximum atomic E-state index is 12.5. The lowest BCUT2D eigenvalue weighted by molar-refractivity contribution is -0.137. The number of benzene rings is 1. The topological polar surface area (TPSA) is 41.6 Å². The van der Waals surface area contributed by atoms with Gasteiger partial charge in [-0.2, -0.15) is 13.2 Å². The van der Waals surface area contributed by atoms with Crippen molar-refractivity contribution in [2.24, 2.45) is 10.7 Å². The van der Waals surface area contributed by atoms with Crippen molar-refractivity contribution in [1.82, 2.24) is 4.90 Å². The predicted molar refractivity (Wildman–Crippen MR) is 67.7 cm³/mol. The van der Waals surface area contributed by atoms with E-state index >= 15 is 0 Å². The van der Waals surface area contributed by atoms with Crippen molar-refractivity contribution in [3.05, 3.63) is 35.4 Å². The molecule has 1 unspecified atom stereocenters. The summed E-state index contributed by atoms with van der Waals surface area (Å²) in [6.45, 7) is 3.27. The second kappa shape index (κ2) is 5.11. The minimum atomic E-state index is -4.30. The van der Waals surface area contributed by atoms with Crippen LogP contribution >= 0.6 is 0 Å². The molecule has 1 aromatic rings. The van der Waals surface area contributed by atoms with Crippen LogP contribution in [0.5, 0.6) is 0 Å². The van der Waals surface area contributed by atoms with Crippen molar-refractivity contribution in [3.8, 4) is 0 Å². The minimum absolute atomic E-state index is 0.0535. The molecule has 0 spiro atoms. The van der Waals surface area contributed by atoms with Crippen LogP contribution in [0.2, 0.25) is 0 Å². The van der Waals surface area contributed by atoms with E-state index in [4.69, 9.17) is 5.73 Å². The van der Waals surface area contributed by atoms with Crippen LogP contribution in [0, 0.1) is 0 Å². The fraction of sp³-hybridized carbons (Fsp3) is 0.462. The lowest BCUT2D eigenvalue weighted by atomic mass is 10.0. The van der Waals surface area contributed by atoms with Crippen molar-refractivity contribution in [2.75, 3.05) is 13.1 Å². The minimum Gasteiger partial charge on any atom is -0.370 e. The molecule has 2 rings (SSSR count). The number of guanidine groups is 1. The molecule has 0 radical (unpaired) electrons. The molecule has 0 aliphatic carbocycles. The van der Waals surface area contributed by atoms with Crippen LogP contribution < -0.4 is 5.73 Å². The molecule has 1 aliphatic rings. The molecular formula is C13H16F3N3. The van der Waals surface area contributed by atoms with Gasteiger partial charge in [0.25, 0.3) is 0 Å².